The fourth-order valence-corrected chi connectivity index (χ4v) is 1.86. The molecule has 0 aromatic rings. The SMILES string of the molecule is CC(=O)CCC=C(C)CCC=C(C)CCC=C(C)C.[H+].[H+].[H+].[H+].[H+].[H+]. The monoisotopic (exact) mass is 268 g/mol. The molecule has 0 unspecified atom stereocenters. The zero-order valence-corrected chi connectivity index (χ0v) is 13.4. The van der Waals surface area contributed by atoms with Crippen LogP contribution in [0.3, 0.4) is 0 Å². The van der Waals surface area contributed by atoms with Gasteiger partial charge < -0.3 is 4.79 Å². The van der Waals surface area contributed by atoms with E-state index in [9.17, 15) is 4.79 Å². The molecule has 108 valence electrons. The van der Waals surface area contributed by atoms with E-state index in [1.165, 1.54) is 16.7 Å². The van der Waals surface area contributed by atoms with Crippen molar-refractivity contribution >= 4 is 5.78 Å². The molecule has 0 radical (unpaired) electrons. The fraction of sp³-hybridized carbons (Fsp3) is 0.611. The minimum absolute atomic E-state index is 0. The van der Waals surface area contributed by atoms with Gasteiger partial charge in [-0.25, -0.2) is 0 Å². The molecule has 0 aromatic heterocycles. The van der Waals surface area contributed by atoms with Crippen LogP contribution in [0.1, 0.15) is 81.7 Å². The predicted octanol–water partition coefficient (Wildman–Crippen LogP) is 6.45. The summed E-state index contributed by atoms with van der Waals surface area (Å²) in [6.45, 7) is 10.3. The Hall–Kier alpha value is -1.11. The highest BCUT2D eigenvalue weighted by Gasteiger charge is 1.93. The van der Waals surface area contributed by atoms with Crippen LogP contribution in [0, 0.1) is 0 Å². The van der Waals surface area contributed by atoms with E-state index in [0.717, 1.165) is 32.1 Å². The number of carbonyl (C=O) groups excluding carboxylic acids is 1. The lowest BCUT2D eigenvalue weighted by Crippen LogP contribution is -1.87. The number of Topliss-reactive ketones (excluding diaryl/α,β-unsaturated/α-hetero) is 1. The van der Waals surface area contributed by atoms with E-state index in [1.54, 1.807) is 6.92 Å². The second-order valence-electron chi connectivity index (χ2n) is 5.70. The van der Waals surface area contributed by atoms with Crippen LogP contribution in [-0.4, -0.2) is 5.78 Å². The zero-order valence-electron chi connectivity index (χ0n) is 19.4. The third-order valence-corrected chi connectivity index (χ3v) is 3.11. The second kappa shape index (κ2) is 10.8. The van der Waals surface area contributed by atoms with Crippen molar-refractivity contribution in [3.05, 3.63) is 34.9 Å². The first-order valence-electron chi connectivity index (χ1n) is 7.36. The molecule has 0 atom stereocenters. The van der Waals surface area contributed by atoms with Gasteiger partial charge in [-0.15, -0.1) is 0 Å². The minimum Gasteiger partial charge on any atom is -0.300 e. The van der Waals surface area contributed by atoms with Crippen molar-refractivity contribution in [2.45, 2.75) is 73.1 Å². The van der Waals surface area contributed by atoms with E-state index >= 15 is 0 Å². The Kier molecular flexibility index (Phi) is 10.1. The molecular weight excluding hydrogens is 232 g/mol. The van der Waals surface area contributed by atoms with E-state index in [-0.39, 0.29) is 14.3 Å². The molecule has 0 aliphatic rings. The summed E-state index contributed by atoms with van der Waals surface area (Å²) < 4.78 is 0. The van der Waals surface area contributed by atoms with Gasteiger partial charge in [-0.05, 0) is 66.7 Å². The average molecular weight is 268 g/mol. The number of carbonyl (C=O) groups is 1. The molecule has 0 aromatic carbocycles. The predicted molar refractivity (Wildman–Crippen MR) is 92.0 cm³/mol. The van der Waals surface area contributed by atoms with E-state index in [0.29, 0.717) is 6.42 Å². The van der Waals surface area contributed by atoms with Crippen molar-refractivity contribution < 1.29 is 13.4 Å². The van der Waals surface area contributed by atoms with Crippen LogP contribution in [0.2, 0.25) is 0 Å². The van der Waals surface area contributed by atoms with Crippen LogP contribution >= 0.6 is 0 Å². The van der Waals surface area contributed by atoms with Gasteiger partial charge in [-0.2, -0.15) is 0 Å². The van der Waals surface area contributed by atoms with Gasteiger partial charge in [-0.3, -0.25) is 0 Å². The molecule has 0 bridgehead atoms. The molecule has 0 fully saturated rings. The van der Waals surface area contributed by atoms with Gasteiger partial charge in [0.15, 0.2) is 0 Å². The largest absolute Gasteiger partial charge is 1.00 e. The molecule has 1 nitrogen and oxygen atoms in total. The van der Waals surface area contributed by atoms with Gasteiger partial charge in [0.05, 0.1) is 0 Å². The highest BCUT2D eigenvalue weighted by atomic mass is 16.1. The molecule has 0 heterocycles. The minimum atomic E-state index is 0. The molecule has 19 heavy (non-hydrogen) atoms. The lowest BCUT2D eigenvalue weighted by molar-refractivity contribution is -0.116. The zero-order chi connectivity index (χ0) is 14.7. The number of ketones is 1. The summed E-state index contributed by atoms with van der Waals surface area (Å²) in [6.07, 6.45) is 13.0. The maximum absolute atomic E-state index is 10.8. The van der Waals surface area contributed by atoms with E-state index < -0.39 is 0 Å². The lowest BCUT2D eigenvalue weighted by Gasteiger charge is -2.01. The number of allylic oxidation sites excluding steroid dienone is 6. The molecule has 0 aliphatic carbocycles. The van der Waals surface area contributed by atoms with Gasteiger partial charge in [0.2, 0.25) is 0 Å². The number of rotatable bonds is 9. The normalized spacial score (nSPS) is 12.5. The quantitative estimate of drug-likeness (QED) is 0.439. The van der Waals surface area contributed by atoms with Crippen LogP contribution in [-0.2, 0) is 4.79 Å². The van der Waals surface area contributed by atoms with Gasteiger partial charge >= 0.3 is 8.56 Å². The molecule has 0 rings (SSSR count). The summed E-state index contributed by atoms with van der Waals surface area (Å²) in [5, 5.41) is 0. The van der Waals surface area contributed by atoms with Crippen LogP contribution in [0.4, 0.5) is 0 Å². The van der Waals surface area contributed by atoms with E-state index in [1.807, 2.05) is 0 Å². The molecule has 1 heteroatoms. The van der Waals surface area contributed by atoms with Crippen LogP contribution < -0.4 is 0 Å². The van der Waals surface area contributed by atoms with Crippen LogP contribution in [0.5, 0.6) is 0 Å². The Bertz CT molecular complexity index is 372. The average Bonchev–Trinajstić information content (AvgIpc) is 2.27. The summed E-state index contributed by atoms with van der Waals surface area (Å²) in [6, 6.07) is 0. The summed E-state index contributed by atoms with van der Waals surface area (Å²) in [5.74, 6) is 0.277. The van der Waals surface area contributed by atoms with Gasteiger partial charge in [0.25, 0.3) is 0 Å². The Morgan fingerprint density at radius 3 is 1.58 bits per heavy atom. The molecule has 0 saturated heterocycles. The first kappa shape index (κ1) is 17.9. The molecule has 0 saturated carbocycles. The number of hydrogen-bond acceptors (Lipinski definition) is 1. The molecular formula is C18H36O+6. The topological polar surface area (TPSA) is 17.1 Å². The maximum Gasteiger partial charge on any atom is 1.00 e. The van der Waals surface area contributed by atoms with Gasteiger partial charge in [0.1, 0.15) is 5.78 Å². The standard InChI is InChI=1S/C18H30O/c1-15(2)9-6-10-16(3)11-7-12-17(4)13-8-14-18(5)19/h9,11,13H,6-8,10,12,14H2,1-5H3/p+6. The second-order valence-corrected chi connectivity index (χ2v) is 5.70. The Morgan fingerprint density at radius 2 is 1.16 bits per heavy atom. The molecule has 0 aliphatic heterocycles. The Balaban J connectivity index is -0.000000108. The first-order chi connectivity index (χ1) is 8.91. The number of hydrogen-bond donors (Lipinski definition) is 0. The summed E-state index contributed by atoms with van der Waals surface area (Å²) in [5.41, 5.74) is 4.28. The lowest BCUT2D eigenvalue weighted by atomic mass is 10.1. The highest BCUT2D eigenvalue weighted by molar-refractivity contribution is 5.75. The van der Waals surface area contributed by atoms with Crippen molar-refractivity contribution in [3.63, 3.8) is 0 Å². The van der Waals surface area contributed by atoms with Gasteiger partial charge in [0, 0.05) is 6.42 Å². The third kappa shape index (κ3) is 13.1. The molecule has 0 amide bonds. The summed E-state index contributed by atoms with van der Waals surface area (Å²) >= 11 is 0. The fourth-order valence-electron chi connectivity index (χ4n) is 1.86. The van der Waals surface area contributed by atoms with Crippen LogP contribution in [0.15, 0.2) is 34.9 Å². The van der Waals surface area contributed by atoms with Gasteiger partial charge in [-0.1, -0.05) is 34.9 Å². The first-order valence-corrected chi connectivity index (χ1v) is 7.36. The van der Waals surface area contributed by atoms with E-state index in [2.05, 4.69) is 45.9 Å². The summed E-state index contributed by atoms with van der Waals surface area (Å²) in [7, 11) is 0. The van der Waals surface area contributed by atoms with Crippen molar-refractivity contribution in [3.8, 4) is 0 Å². The van der Waals surface area contributed by atoms with Crippen molar-refractivity contribution in [1.29, 1.82) is 0 Å². The molecule has 0 spiro atoms. The maximum atomic E-state index is 10.8. The summed E-state index contributed by atoms with van der Waals surface area (Å²) in [4.78, 5) is 10.8. The molecule has 0 N–H and O–H groups in total. The van der Waals surface area contributed by atoms with E-state index in [4.69, 9.17) is 0 Å². The van der Waals surface area contributed by atoms with Crippen molar-refractivity contribution in [1.82, 2.24) is 0 Å². The van der Waals surface area contributed by atoms with Crippen LogP contribution in [0.25, 0.3) is 0 Å². The third-order valence-electron chi connectivity index (χ3n) is 3.11. The van der Waals surface area contributed by atoms with Crippen molar-refractivity contribution in [2.75, 3.05) is 0 Å². The van der Waals surface area contributed by atoms with Crippen molar-refractivity contribution in [2.24, 2.45) is 0 Å². The highest BCUT2D eigenvalue weighted by Crippen LogP contribution is 2.12. The smallest absolute Gasteiger partial charge is 0.300 e. The Morgan fingerprint density at radius 1 is 0.737 bits per heavy atom. The Labute approximate surface area is 128 Å².